The third-order valence-corrected chi connectivity index (χ3v) is 4.03. The fourth-order valence-electron chi connectivity index (χ4n) is 2.25. The smallest absolute Gasteiger partial charge is 0.320 e. The molecular formula is C16H12Cl2N2O3. The van der Waals surface area contributed by atoms with Gasteiger partial charge < -0.3 is 15.3 Å². The van der Waals surface area contributed by atoms with Gasteiger partial charge in [-0.1, -0.05) is 35.3 Å². The molecule has 0 bridgehead atoms. The Labute approximate surface area is 141 Å². The van der Waals surface area contributed by atoms with Gasteiger partial charge in [-0.05, 0) is 36.2 Å². The van der Waals surface area contributed by atoms with E-state index in [1.165, 1.54) is 0 Å². The quantitative estimate of drug-likeness (QED) is 0.747. The van der Waals surface area contributed by atoms with E-state index in [1.54, 1.807) is 36.4 Å². The van der Waals surface area contributed by atoms with Crippen LogP contribution in [0.2, 0.25) is 10.0 Å². The van der Waals surface area contributed by atoms with E-state index in [9.17, 15) is 4.79 Å². The molecule has 0 saturated heterocycles. The van der Waals surface area contributed by atoms with Gasteiger partial charge in [0.25, 0.3) is 0 Å². The molecule has 2 aromatic carbocycles. The van der Waals surface area contributed by atoms with Crippen molar-refractivity contribution in [3.8, 4) is 11.5 Å². The maximum atomic E-state index is 10.8. The fraction of sp³-hybridized carbons (Fsp3) is 0.125. The average Bonchev–Trinajstić information content (AvgIpc) is 2.89. The third kappa shape index (κ3) is 3.17. The first kappa shape index (κ1) is 15.8. The Bertz CT molecular complexity index is 872. The van der Waals surface area contributed by atoms with Crippen LogP contribution in [0, 0.1) is 0 Å². The number of aliphatic carboxylic acids is 1. The summed E-state index contributed by atoms with van der Waals surface area (Å²) in [5, 5.41) is 9.76. The average molecular weight is 351 g/mol. The van der Waals surface area contributed by atoms with E-state index in [1.807, 2.05) is 0 Å². The second-order valence-electron chi connectivity index (χ2n) is 5.07. The van der Waals surface area contributed by atoms with Crippen LogP contribution < -0.4 is 5.73 Å². The molecule has 1 aromatic heterocycles. The molecule has 7 heteroatoms. The van der Waals surface area contributed by atoms with Crippen molar-refractivity contribution in [2.45, 2.75) is 12.5 Å². The second-order valence-corrected chi connectivity index (χ2v) is 5.88. The van der Waals surface area contributed by atoms with Crippen LogP contribution in [0.25, 0.3) is 22.6 Å². The molecular weight excluding hydrogens is 339 g/mol. The molecule has 3 N–H and O–H groups in total. The van der Waals surface area contributed by atoms with Gasteiger partial charge in [-0.3, -0.25) is 4.79 Å². The van der Waals surface area contributed by atoms with Gasteiger partial charge in [0.1, 0.15) is 11.6 Å². The van der Waals surface area contributed by atoms with Gasteiger partial charge in [-0.25, -0.2) is 4.98 Å². The minimum atomic E-state index is -1.05. The second kappa shape index (κ2) is 6.20. The summed E-state index contributed by atoms with van der Waals surface area (Å²) in [5.74, 6) is -0.735. The molecule has 0 aliphatic carbocycles. The topological polar surface area (TPSA) is 89.4 Å². The number of oxazole rings is 1. The van der Waals surface area contributed by atoms with Crippen molar-refractivity contribution in [3.63, 3.8) is 0 Å². The highest BCUT2D eigenvalue weighted by molar-refractivity contribution is 6.38. The fourth-order valence-corrected chi connectivity index (χ4v) is 2.81. The van der Waals surface area contributed by atoms with Crippen molar-refractivity contribution >= 4 is 40.3 Å². The lowest BCUT2D eigenvalue weighted by atomic mass is 10.1. The number of benzene rings is 2. The Hall–Kier alpha value is -2.08. The summed E-state index contributed by atoms with van der Waals surface area (Å²) in [6.07, 6.45) is 0.203. The minimum Gasteiger partial charge on any atom is -0.480 e. The lowest BCUT2D eigenvalue weighted by Gasteiger charge is -2.05. The maximum Gasteiger partial charge on any atom is 0.320 e. The van der Waals surface area contributed by atoms with Crippen LogP contribution >= 0.6 is 23.2 Å². The summed E-state index contributed by atoms with van der Waals surface area (Å²) in [5.41, 5.74) is 7.97. The number of carboxylic acids is 1. The molecule has 0 amide bonds. The molecule has 0 radical (unpaired) electrons. The largest absolute Gasteiger partial charge is 0.480 e. The van der Waals surface area contributed by atoms with E-state index in [0.717, 1.165) is 5.56 Å². The monoisotopic (exact) mass is 350 g/mol. The third-order valence-electron chi connectivity index (χ3n) is 3.40. The highest BCUT2D eigenvalue weighted by Gasteiger charge is 2.17. The highest BCUT2D eigenvalue weighted by Crippen LogP contribution is 2.35. The SMILES string of the molecule is N[C@@H](Cc1ccc2nc(-c3c(Cl)cccc3Cl)oc2c1)C(=O)O. The molecule has 0 spiro atoms. The molecule has 0 unspecified atom stereocenters. The number of carboxylic acid groups (broad SMARTS) is 1. The zero-order valence-electron chi connectivity index (χ0n) is 11.8. The standard InChI is InChI=1S/C16H12Cl2N2O3/c17-9-2-1-3-10(18)14(9)15-20-12-5-4-8(7-13(12)23-15)6-11(19)16(21)22/h1-5,7,11H,6,19H2,(H,21,22)/t11-/m0/s1. The van der Waals surface area contributed by atoms with E-state index < -0.39 is 12.0 Å². The Kier molecular flexibility index (Phi) is 4.26. The normalized spacial score (nSPS) is 12.5. The molecule has 3 aromatic rings. The van der Waals surface area contributed by atoms with Crippen LogP contribution in [-0.2, 0) is 11.2 Å². The molecule has 5 nitrogen and oxygen atoms in total. The Morgan fingerprint density at radius 1 is 1.26 bits per heavy atom. The first-order valence-corrected chi connectivity index (χ1v) is 7.53. The van der Waals surface area contributed by atoms with E-state index in [0.29, 0.717) is 32.6 Å². The summed E-state index contributed by atoms with van der Waals surface area (Å²) < 4.78 is 5.73. The van der Waals surface area contributed by atoms with Gasteiger partial charge in [-0.15, -0.1) is 0 Å². The number of nitrogens with two attached hydrogens (primary N) is 1. The van der Waals surface area contributed by atoms with Gasteiger partial charge in [0.15, 0.2) is 5.58 Å². The van der Waals surface area contributed by atoms with Gasteiger partial charge >= 0.3 is 5.97 Å². The predicted octanol–water partition coefficient (Wildman–Crippen LogP) is 3.76. The van der Waals surface area contributed by atoms with E-state index in [4.69, 9.17) is 38.5 Å². The van der Waals surface area contributed by atoms with Crippen molar-refractivity contribution in [3.05, 3.63) is 52.0 Å². The highest BCUT2D eigenvalue weighted by atomic mass is 35.5. The molecule has 0 aliphatic rings. The summed E-state index contributed by atoms with van der Waals surface area (Å²) in [4.78, 5) is 15.2. The first-order valence-electron chi connectivity index (χ1n) is 6.78. The van der Waals surface area contributed by atoms with Crippen molar-refractivity contribution in [1.29, 1.82) is 0 Å². The van der Waals surface area contributed by atoms with Crippen LogP contribution in [-0.4, -0.2) is 22.1 Å². The van der Waals surface area contributed by atoms with E-state index in [2.05, 4.69) is 4.98 Å². The number of hydrogen-bond acceptors (Lipinski definition) is 4. The number of fused-ring (bicyclic) bond motifs is 1. The lowest BCUT2D eigenvalue weighted by molar-refractivity contribution is -0.138. The van der Waals surface area contributed by atoms with E-state index in [-0.39, 0.29) is 6.42 Å². The number of hydrogen-bond donors (Lipinski definition) is 2. The van der Waals surface area contributed by atoms with Crippen LogP contribution in [0.3, 0.4) is 0 Å². The van der Waals surface area contributed by atoms with Crippen LogP contribution in [0.1, 0.15) is 5.56 Å². The summed E-state index contributed by atoms with van der Waals surface area (Å²) in [7, 11) is 0. The summed E-state index contributed by atoms with van der Waals surface area (Å²) in [6, 6.07) is 9.42. The zero-order valence-corrected chi connectivity index (χ0v) is 13.3. The molecule has 23 heavy (non-hydrogen) atoms. The van der Waals surface area contributed by atoms with Crippen LogP contribution in [0.5, 0.6) is 0 Å². The molecule has 1 heterocycles. The van der Waals surface area contributed by atoms with Crippen molar-refractivity contribution in [2.75, 3.05) is 0 Å². The number of carbonyl (C=O) groups is 1. The van der Waals surface area contributed by atoms with E-state index >= 15 is 0 Å². The number of halogens is 2. The summed E-state index contributed by atoms with van der Waals surface area (Å²) >= 11 is 12.3. The van der Waals surface area contributed by atoms with Crippen molar-refractivity contribution in [1.82, 2.24) is 4.98 Å². The first-order chi connectivity index (χ1) is 11.0. The number of aromatic nitrogens is 1. The number of rotatable bonds is 4. The Morgan fingerprint density at radius 2 is 1.96 bits per heavy atom. The lowest BCUT2D eigenvalue weighted by Crippen LogP contribution is -2.32. The maximum absolute atomic E-state index is 10.8. The van der Waals surface area contributed by atoms with Gasteiger partial charge in [-0.2, -0.15) is 0 Å². The molecule has 118 valence electrons. The molecule has 1 atom stereocenters. The zero-order chi connectivity index (χ0) is 16.6. The van der Waals surface area contributed by atoms with Crippen molar-refractivity contribution in [2.24, 2.45) is 5.73 Å². The van der Waals surface area contributed by atoms with Crippen LogP contribution in [0.15, 0.2) is 40.8 Å². The molecule has 0 fully saturated rings. The molecule has 3 rings (SSSR count). The van der Waals surface area contributed by atoms with Crippen molar-refractivity contribution < 1.29 is 14.3 Å². The molecule has 0 saturated carbocycles. The Balaban J connectivity index is 2.01. The minimum absolute atomic E-state index is 0.203. The number of nitrogens with zero attached hydrogens (tertiary/aromatic N) is 1. The Morgan fingerprint density at radius 3 is 2.61 bits per heavy atom. The van der Waals surface area contributed by atoms with Gasteiger partial charge in [0.2, 0.25) is 5.89 Å². The van der Waals surface area contributed by atoms with Gasteiger partial charge in [0, 0.05) is 0 Å². The summed E-state index contributed by atoms with van der Waals surface area (Å²) in [6.45, 7) is 0. The van der Waals surface area contributed by atoms with Crippen LogP contribution in [0.4, 0.5) is 0 Å². The van der Waals surface area contributed by atoms with Gasteiger partial charge in [0.05, 0.1) is 15.6 Å². The molecule has 0 aliphatic heterocycles. The predicted molar refractivity (Wildman–Crippen MR) is 88.8 cm³/mol.